The second-order valence-corrected chi connectivity index (χ2v) is 5.92. The van der Waals surface area contributed by atoms with Gasteiger partial charge in [-0.25, -0.2) is 4.98 Å². The zero-order valence-corrected chi connectivity index (χ0v) is 13.1. The molecule has 0 aromatic carbocycles. The maximum atomic E-state index is 11.5. The number of nitrogens with zero attached hydrogens (tertiary/aromatic N) is 3. The first-order valence-corrected chi connectivity index (χ1v) is 7.37. The smallest absolute Gasteiger partial charge is 0.311 e. The Morgan fingerprint density at radius 2 is 2.24 bits per heavy atom. The maximum Gasteiger partial charge on any atom is 0.311 e. The van der Waals surface area contributed by atoms with Crippen LogP contribution in [0.2, 0.25) is 0 Å². The van der Waals surface area contributed by atoms with E-state index in [0.29, 0.717) is 37.8 Å². The molecule has 1 aromatic rings. The molecule has 1 saturated heterocycles. The second-order valence-electron chi connectivity index (χ2n) is 5.92. The number of hydrogen-bond acceptors (Lipinski definition) is 5. The van der Waals surface area contributed by atoms with Gasteiger partial charge in [0.25, 0.3) is 0 Å². The summed E-state index contributed by atoms with van der Waals surface area (Å²) in [5.41, 5.74) is 0.131. The molecule has 0 bridgehead atoms. The Labute approximate surface area is 125 Å². The largest absolute Gasteiger partial charge is 0.481 e. The summed E-state index contributed by atoms with van der Waals surface area (Å²) < 4.78 is 5.63. The molecule has 0 aliphatic carbocycles. The van der Waals surface area contributed by atoms with Gasteiger partial charge in [-0.3, -0.25) is 4.79 Å². The van der Waals surface area contributed by atoms with Crippen LogP contribution in [0.3, 0.4) is 0 Å². The molecule has 1 fully saturated rings. The molecule has 6 heteroatoms. The van der Waals surface area contributed by atoms with Crippen molar-refractivity contribution in [2.45, 2.75) is 46.6 Å². The molecule has 21 heavy (non-hydrogen) atoms. The van der Waals surface area contributed by atoms with Crippen LogP contribution in [0.25, 0.3) is 0 Å². The van der Waals surface area contributed by atoms with E-state index in [0.717, 1.165) is 5.69 Å². The summed E-state index contributed by atoms with van der Waals surface area (Å²) in [6, 6.07) is 1.80. The van der Waals surface area contributed by atoms with E-state index in [2.05, 4.69) is 9.97 Å². The van der Waals surface area contributed by atoms with Crippen molar-refractivity contribution in [3.63, 3.8) is 0 Å². The minimum absolute atomic E-state index is 0.0412. The molecular weight excluding hydrogens is 270 g/mol. The summed E-state index contributed by atoms with van der Waals surface area (Å²) in [6.45, 7) is 8.80. The van der Waals surface area contributed by atoms with Gasteiger partial charge in [0, 0.05) is 24.8 Å². The molecule has 2 heterocycles. The predicted molar refractivity (Wildman–Crippen MR) is 79.7 cm³/mol. The lowest BCUT2D eigenvalue weighted by Gasteiger charge is -2.23. The van der Waals surface area contributed by atoms with Gasteiger partial charge in [-0.2, -0.15) is 4.98 Å². The summed E-state index contributed by atoms with van der Waals surface area (Å²) in [5.74, 6) is 0.359. The first-order valence-electron chi connectivity index (χ1n) is 7.37. The van der Waals surface area contributed by atoms with Crippen molar-refractivity contribution in [1.29, 1.82) is 0 Å². The highest BCUT2D eigenvalue weighted by Crippen LogP contribution is 2.36. The van der Waals surface area contributed by atoms with Gasteiger partial charge in [-0.1, -0.05) is 6.92 Å². The highest BCUT2D eigenvalue weighted by Gasteiger charge is 2.44. The molecule has 1 atom stereocenters. The molecule has 2 rings (SSSR count). The fourth-order valence-electron chi connectivity index (χ4n) is 2.63. The molecule has 0 saturated carbocycles. The van der Waals surface area contributed by atoms with Gasteiger partial charge in [0.05, 0.1) is 11.5 Å². The van der Waals surface area contributed by atoms with E-state index in [1.54, 1.807) is 6.07 Å². The minimum Gasteiger partial charge on any atom is -0.481 e. The average molecular weight is 293 g/mol. The SMILES string of the molecule is CCC1(C(=O)O)CCN(c2nc(C)cc(OC(C)C)n2)C1. The van der Waals surface area contributed by atoms with Crippen molar-refractivity contribution in [3.8, 4) is 5.88 Å². The minimum atomic E-state index is -0.737. The number of aromatic nitrogens is 2. The standard InChI is InChI=1S/C15H23N3O3/c1-5-15(13(19)20)6-7-18(9-15)14-16-11(4)8-12(17-14)21-10(2)3/h8,10H,5-7,9H2,1-4H3,(H,19,20). The van der Waals surface area contributed by atoms with Gasteiger partial charge in [0.2, 0.25) is 11.8 Å². The van der Waals surface area contributed by atoms with Crippen molar-refractivity contribution in [2.75, 3.05) is 18.0 Å². The first kappa shape index (κ1) is 15.5. The fourth-order valence-corrected chi connectivity index (χ4v) is 2.63. The summed E-state index contributed by atoms with van der Waals surface area (Å²) in [7, 11) is 0. The van der Waals surface area contributed by atoms with E-state index in [1.807, 2.05) is 32.6 Å². The van der Waals surface area contributed by atoms with Gasteiger partial charge in [0.15, 0.2) is 0 Å². The van der Waals surface area contributed by atoms with Gasteiger partial charge in [-0.15, -0.1) is 0 Å². The summed E-state index contributed by atoms with van der Waals surface area (Å²) in [6.07, 6.45) is 1.27. The third kappa shape index (κ3) is 3.25. The lowest BCUT2D eigenvalue weighted by molar-refractivity contribution is -0.147. The number of anilines is 1. The van der Waals surface area contributed by atoms with Gasteiger partial charge in [0.1, 0.15) is 0 Å². The molecule has 0 spiro atoms. The van der Waals surface area contributed by atoms with Crippen molar-refractivity contribution in [3.05, 3.63) is 11.8 Å². The van der Waals surface area contributed by atoms with Crippen LogP contribution in [0.15, 0.2) is 6.07 Å². The number of ether oxygens (including phenoxy) is 1. The molecule has 1 aliphatic heterocycles. The van der Waals surface area contributed by atoms with Gasteiger partial charge < -0.3 is 14.7 Å². The zero-order valence-electron chi connectivity index (χ0n) is 13.1. The average Bonchev–Trinajstić information content (AvgIpc) is 2.83. The zero-order chi connectivity index (χ0) is 15.6. The Kier molecular flexibility index (Phi) is 4.34. The quantitative estimate of drug-likeness (QED) is 0.897. The normalized spacial score (nSPS) is 21.9. The van der Waals surface area contributed by atoms with Crippen LogP contribution in [0, 0.1) is 12.3 Å². The lowest BCUT2D eigenvalue weighted by Crippen LogP contribution is -2.34. The van der Waals surface area contributed by atoms with E-state index in [-0.39, 0.29) is 6.10 Å². The molecule has 116 valence electrons. The van der Waals surface area contributed by atoms with E-state index in [1.165, 1.54) is 0 Å². The van der Waals surface area contributed by atoms with Crippen molar-refractivity contribution in [2.24, 2.45) is 5.41 Å². The topological polar surface area (TPSA) is 75.5 Å². The number of carbonyl (C=O) groups is 1. The van der Waals surface area contributed by atoms with Crippen molar-refractivity contribution in [1.82, 2.24) is 9.97 Å². The van der Waals surface area contributed by atoms with Crippen LogP contribution in [0.1, 0.15) is 39.3 Å². The highest BCUT2D eigenvalue weighted by atomic mass is 16.5. The van der Waals surface area contributed by atoms with Gasteiger partial charge >= 0.3 is 5.97 Å². The van der Waals surface area contributed by atoms with Crippen LogP contribution in [-0.4, -0.2) is 40.2 Å². The number of rotatable bonds is 5. The molecule has 1 unspecified atom stereocenters. The number of hydrogen-bond donors (Lipinski definition) is 1. The Hall–Kier alpha value is -1.85. The van der Waals surface area contributed by atoms with Crippen LogP contribution in [-0.2, 0) is 4.79 Å². The third-order valence-corrected chi connectivity index (χ3v) is 3.94. The molecule has 0 amide bonds. The third-order valence-electron chi connectivity index (χ3n) is 3.94. The predicted octanol–water partition coefficient (Wildman–Crippen LogP) is 2.26. The Balaban J connectivity index is 2.23. The van der Waals surface area contributed by atoms with Crippen LogP contribution in [0.5, 0.6) is 5.88 Å². The van der Waals surface area contributed by atoms with E-state index in [9.17, 15) is 9.90 Å². The summed E-state index contributed by atoms with van der Waals surface area (Å²) in [5, 5.41) is 9.46. The first-order chi connectivity index (χ1) is 9.86. The lowest BCUT2D eigenvalue weighted by atomic mass is 9.84. The molecule has 6 nitrogen and oxygen atoms in total. The van der Waals surface area contributed by atoms with Crippen LogP contribution in [0.4, 0.5) is 5.95 Å². The fraction of sp³-hybridized carbons (Fsp3) is 0.667. The van der Waals surface area contributed by atoms with Crippen LogP contribution < -0.4 is 9.64 Å². The molecule has 1 aliphatic rings. The maximum absolute atomic E-state index is 11.5. The summed E-state index contributed by atoms with van der Waals surface area (Å²) in [4.78, 5) is 22.3. The molecule has 1 N–H and O–H groups in total. The number of aliphatic carboxylic acids is 1. The van der Waals surface area contributed by atoms with E-state index in [4.69, 9.17) is 4.74 Å². The Morgan fingerprint density at radius 3 is 2.76 bits per heavy atom. The van der Waals surface area contributed by atoms with Gasteiger partial charge in [-0.05, 0) is 33.6 Å². The number of aryl methyl sites for hydroxylation is 1. The Bertz CT molecular complexity index is 533. The number of carboxylic acid groups (broad SMARTS) is 1. The van der Waals surface area contributed by atoms with E-state index >= 15 is 0 Å². The second kappa shape index (κ2) is 5.87. The summed E-state index contributed by atoms with van der Waals surface area (Å²) >= 11 is 0. The van der Waals surface area contributed by atoms with Crippen LogP contribution >= 0.6 is 0 Å². The van der Waals surface area contributed by atoms with Crippen molar-refractivity contribution >= 4 is 11.9 Å². The van der Waals surface area contributed by atoms with E-state index < -0.39 is 11.4 Å². The number of carboxylic acids is 1. The highest BCUT2D eigenvalue weighted by molar-refractivity contribution is 5.76. The Morgan fingerprint density at radius 1 is 1.52 bits per heavy atom. The molecule has 1 aromatic heterocycles. The molecular formula is C15H23N3O3. The molecule has 0 radical (unpaired) electrons. The monoisotopic (exact) mass is 293 g/mol. The van der Waals surface area contributed by atoms with Crippen molar-refractivity contribution < 1.29 is 14.6 Å².